The van der Waals surface area contributed by atoms with Gasteiger partial charge in [0.25, 0.3) is 0 Å². The van der Waals surface area contributed by atoms with Crippen LogP contribution in [-0.2, 0) is 0 Å². The Morgan fingerprint density at radius 2 is 1.30 bits per heavy atom. The summed E-state index contributed by atoms with van der Waals surface area (Å²) in [5.74, 6) is -1.61. The molecule has 0 amide bonds. The number of carbonyl (C=O) groups is 3. The third-order valence-electron chi connectivity index (χ3n) is 6.09. The average Bonchev–Trinajstić information content (AvgIpc) is 3.19. The maximum atomic E-state index is 13.4. The third kappa shape index (κ3) is 2.14. The zero-order valence-corrected chi connectivity index (χ0v) is 16.3. The van der Waals surface area contributed by atoms with E-state index in [0.29, 0.717) is 49.9 Å². The molecule has 1 atom stereocenters. The summed E-state index contributed by atoms with van der Waals surface area (Å²) in [6.07, 6.45) is 0. The molecule has 1 aliphatic heterocycles. The van der Waals surface area contributed by atoms with E-state index in [0.717, 1.165) is 0 Å². The molecular weight excluding hydrogens is 400 g/mol. The lowest BCUT2D eigenvalue weighted by Gasteiger charge is -2.30. The van der Waals surface area contributed by atoms with Crippen LogP contribution >= 0.6 is 11.6 Å². The van der Waals surface area contributed by atoms with Gasteiger partial charge in [-0.1, -0.05) is 60.1 Å². The van der Waals surface area contributed by atoms with Crippen LogP contribution in [0.1, 0.15) is 48.1 Å². The van der Waals surface area contributed by atoms with Crippen molar-refractivity contribution in [1.29, 1.82) is 0 Å². The summed E-state index contributed by atoms with van der Waals surface area (Å²) in [5, 5.41) is 0.449. The molecule has 30 heavy (non-hydrogen) atoms. The molecular formula is C25H13ClO4. The molecule has 5 heteroatoms. The number of ether oxygens (including phenoxy) is 1. The molecule has 0 N–H and O–H groups in total. The number of benzene rings is 3. The maximum Gasteiger partial charge on any atom is 0.194 e. The van der Waals surface area contributed by atoms with Crippen molar-refractivity contribution in [2.45, 2.75) is 5.92 Å². The van der Waals surface area contributed by atoms with Gasteiger partial charge < -0.3 is 4.74 Å². The minimum Gasteiger partial charge on any atom is -0.456 e. The molecule has 3 aromatic carbocycles. The Kier molecular flexibility index (Phi) is 3.47. The summed E-state index contributed by atoms with van der Waals surface area (Å²) in [6, 6.07) is 19.1. The van der Waals surface area contributed by atoms with E-state index in [1.807, 2.05) is 12.1 Å². The highest BCUT2D eigenvalue weighted by Gasteiger charge is 2.51. The van der Waals surface area contributed by atoms with Gasteiger partial charge in [0.05, 0.1) is 11.5 Å². The van der Waals surface area contributed by atoms with Gasteiger partial charge in [-0.05, 0) is 18.2 Å². The standard InChI is InChI=1S/C25H13ClO4/c26-12-9-10-18-17(11-12)19(20-22(27)13-5-1-2-6-14(13)23(20)28)21-24(29)15-7-3-4-8-16(15)25(21)30-18/h1-11,19-20H. The van der Waals surface area contributed by atoms with E-state index < -0.39 is 11.8 Å². The van der Waals surface area contributed by atoms with Gasteiger partial charge in [0, 0.05) is 38.8 Å². The van der Waals surface area contributed by atoms with Crippen molar-refractivity contribution < 1.29 is 19.1 Å². The van der Waals surface area contributed by atoms with Gasteiger partial charge in [0.15, 0.2) is 17.3 Å². The summed E-state index contributed by atoms with van der Waals surface area (Å²) in [6.45, 7) is 0. The predicted molar refractivity (Wildman–Crippen MR) is 111 cm³/mol. The molecule has 3 aromatic rings. The van der Waals surface area contributed by atoms with E-state index in [2.05, 4.69) is 0 Å². The molecule has 0 aromatic heterocycles. The lowest BCUT2D eigenvalue weighted by atomic mass is 9.75. The number of carbonyl (C=O) groups excluding carboxylic acids is 3. The number of ketones is 3. The molecule has 3 aliphatic rings. The molecule has 0 radical (unpaired) electrons. The Bertz CT molecular complexity index is 1320. The molecule has 1 heterocycles. The van der Waals surface area contributed by atoms with E-state index in [9.17, 15) is 14.4 Å². The zero-order valence-electron chi connectivity index (χ0n) is 15.5. The summed E-state index contributed by atoms with van der Waals surface area (Å²) >= 11 is 6.25. The first-order valence-corrected chi connectivity index (χ1v) is 9.97. The molecule has 6 rings (SSSR count). The van der Waals surface area contributed by atoms with Gasteiger partial charge in [0.1, 0.15) is 11.5 Å². The Hall–Kier alpha value is -3.50. The fourth-order valence-corrected chi connectivity index (χ4v) is 4.98. The molecule has 2 aliphatic carbocycles. The van der Waals surface area contributed by atoms with Crippen LogP contribution in [0, 0.1) is 5.92 Å². The molecule has 0 bridgehead atoms. The van der Waals surface area contributed by atoms with Crippen LogP contribution in [0.3, 0.4) is 0 Å². The van der Waals surface area contributed by atoms with Crippen LogP contribution in [0.5, 0.6) is 5.75 Å². The van der Waals surface area contributed by atoms with Crippen LogP contribution in [0.15, 0.2) is 72.3 Å². The van der Waals surface area contributed by atoms with Gasteiger partial charge in [-0.15, -0.1) is 0 Å². The predicted octanol–water partition coefficient (Wildman–Crippen LogP) is 5.12. The fraction of sp³-hybridized carbons (Fsp3) is 0.0800. The lowest BCUT2D eigenvalue weighted by Crippen LogP contribution is -2.30. The van der Waals surface area contributed by atoms with E-state index in [1.165, 1.54) is 0 Å². The van der Waals surface area contributed by atoms with E-state index >= 15 is 0 Å². The van der Waals surface area contributed by atoms with Gasteiger partial charge in [-0.25, -0.2) is 0 Å². The molecule has 0 spiro atoms. The first-order chi connectivity index (χ1) is 14.6. The molecule has 0 saturated heterocycles. The SMILES string of the molecule is O=C1C2=C(Oc3ccc(Cl)cc3C2C2C(=O)c3ccccc3C2=O)c2ccccc21. The molecule has 144 valence electrons. The van der Waals surface area contributed by atoms with Gasteiger partial charge >= 0.3 is 0 Å². The van der Waals surface area contributed by atoms with E-state index in [-0.39, 0.29) is 17.3 Å². The minimum absolute atomic E-state index is 0.215. The zero-order chi connectivity index (χ0) is 20.6. The van der Waals surface area contributed by atoms with Crippen molar-refractivity contribution in [3.63, 3.8) is 0 Å². The number of Topliss-reactive ketones (excluding diaryl/α,β-unsaturated/α-hetero) is 3. The van der Waals surface area contributed by atoms with Crippen LogP contribution in [0.4, 0.5) is 0 Å². The summed E-state index contributed by atoms with van der Waals surface area (Å²) in [5.41, 5.74) is 2.92. The van der Waals surface area contributed by atoms with Crippen molar-refractivity contribution in [2.24, 2.45) is 5.92 Å². The topological polar surface area (TPSA) is 60.4 Å². The van der Waals surface area contributed by atoms with E-state index in [4.69, 9.17) is 16.3 Å². The number of hydrogen-bond acceptors (Lipinski definition) is 4. The number of allylic oxidation sites excluding steroid dienone is 1. The number of hydrogen-bond donors (Lipinski definition) is 0. The highest BCUT2D eigenvalue weighted by Crippen LogP contribution is 2.53. The highest BCUT2D eigenvalue weighted by atomic mass is 35.5. The molecule has 1 unspecified atom stereocenters. The van der Waals surface area contributed by atoms with Crippen LogP contribution in [-0.4, -0.2) is 17.3 Å². The largest absolute Gasteiger partial charge is 0.456 e. The Morgan fingerprint density at radius 3 is 1.97 bits per heavy atom. The lowest BCUT2D eigenvalue weighted by molar-refractivity contribution is 0.0820. The van der Waals surface area contributed by atoms with Crippen molar-refractivity contribution >= 4 is 34.7 Å². The van der Waals surface area contributed by atoms with Crippen molar-refractivity contribution in [2.75, 3.05) is 0 Å². The first-order valence-electron chi connectivity index (χ1n) is 9.59. The summed E-state index contributed by atoms with van der Waals surface area (Å²) in [4.78, 5) is 40.1. The number of rotatable bonds is 1. The number of halogens is 1. The normalized spacial score (nSPS) is 19.4. The van der Waals surface area contributed by atoms with Crippen LogP contribution in [0.2, 0.25) is 5.02 Å². The average molecular weight is 413 g/mol. The highest BCUT2D eigenvalue weighted by molar-refractivity contribution is 6.31. The molecule has 0 fully saturated rings. The summed E-state index contributed by atoms with van der Waals surface area (Å²) < 4.78 is 6.12. The second-order valence-corrected chi connectivity index (χ2v) is 8.07. The monoisotopic (exact) mass is 412 g/mol. The number of fused-ring (bicyclic) bond motifs is 4. The molecule has 4 nitrogen and oxygen atoms in total. The fourth-order valence-electron chi connectivity index (χ4n) is 4.80. The summed E-state index contributed by atoms with van der Waals surface area (Å²) in [7, 11) is 0. The third-order valence-corrected chi connectivity index (χ3v) is 6.33. The van der Waals surface area contributed by atoms with Crippen LogP contribution < -0.4 is 4.74 Å². The van der Waals surface area contributed by atoms with Crippen molar-refractivity contribution in [1.82, 2.24) is 0 Å². The Balaban J connectivity index is 1.61. The minimum atomic E-state index is -1.02. The second-order valence-electron chi connectivity index (χ2n) is 7.63. The second kappa shape index (κ2) is 6.00. The Labute approximate surface area is 176 Å². The Morgan fingerprint density at radius 1 is 0.700 bits per heavy atom. The van der Waals surface area contributed by atoms with Gasteiger partial charge in [0.2, 0.25) is 0 Å². The smallest absolute Gasteiger partial charge is 0.194 e. The quantitative estimate of drug-likeness (QED) is 0.520. The first kappa shape index (κ1) is 17.4. The molecule has 0 saturated carbocycles. The van der Waals surface area contributed by atoms with Gasteiger partial charge in [-0.2, -0.15) is 0 Å². The van der Waals surface area contributed by atoms with Crippen LogP contribution in [0.25, 0.3) is 5.76 Å². The van der Waals surface area contributed by atoms with Crippen molar-refractivity contribution in [3.05, 3.63) is 105 Å². The van der Waals surface area contributed by atoms with E-state index in [1.54, 1.807) is 54.6 Å². The van der Waals surface area contributed by atoms with Crippen molar-refractivity contribution in [3.8, 4) is 5.75 Å². The maximum absolute atomic E-state index is 13.4. The van der Waals surface area contributed by atoms with Gasteiger partial charge in [-0.3, -0.25) is 14.4 Å².